The number of nitrogens with zero attached hydrogens (tertiary/aromatic N) is 2. The third kappa shape index (κ3) is 9.68. The molecule has 0 aromatic carbocycles. The molecule has 0 rings (SSSR count). The predicted molar refractivity (Wildman–Crippen MR) is 95.2 cm³/mol. The van der Waals surface area contributed by atoms with Crippen molar-refractivity contribution in [2.45, 2.75) is 79.0 Å². The van der Waals surface area contributed by atoms with E-state index in [9.17, 15) is 0 Å². The van der Waals surface area contributed by atoms with Gasteiger partial charge < -0.3 is 0 Å². The molecule has 0 amide bonds. The van der Waals surface area contributed by atoms with E-state index in [0.717, 1.165) is 6.04 Å². The summed E-state index contributed by atoms with van der Waals surface area (Å²) in [6.45, 7) is 17.8. The fourth-order valence-electron chi connectivity index (χ4n) is 2.80. The van der Waals surface area contributed by atoms with Gasteiger partial charge in [-0.15, -0.1) is 0 Å². The van der Waals surface area contributed by atoms with E-state index in [1.54, 1.807) is 12.5 Å². The average Bonchev–Trinajstić information content (AvgIpc) is 2.40. The van der Waals surface area contributed by atoms with Gasteiger partial charge in [0.05, 0.1) is 0 Å². The number of hydrogen-bond donors (Lipinski definition) is 0. The van der Waals surface area contributed by atoms with Gasteiger partial charge in [0.25, 0.3) is 0 Å². The molecule has 120 valence electrons. The van der Waals surface area contributed by atoms with E-state index in [1.807, 2.05) is 0 Å². The van der Waals surface area contributed by atoms with E-state index < -0.39 is 21.4 Å². The second kappa shape index (κ2) is 12.3. The van der Waals surface area contributed by atoms with Crippen LogP contribution in [-0.4, -0.2) is 70.0 Å². The van der Waals surface area contributed by atoms with Gasteiger partial charge in [0, 0.05) is 0 Å². The first-order valence-corrected chi connectivity index (χ1v) is 15.9. The van der Waals surface area contributed by atoms with E-state index in [1.165, 1.54) is 32.5 Å². The molecule has 0 aromatic rings. The molecule has 3 heteroatoms. The van der Waals surface area contributed by atoms with Gasteiger partial charge in [-0.1, -0.05) is 0 Å². The third-order valence-corrected chi connectivity index (χ3v) is 15.1. The fraction of sp³-hybridized carbons (Fsp3) is 1.00. The van der Waals surface area contributed by atoms with Crippen LogP contribution in [0.5, 0.6) is 0 Å². The Morgan fingerprint density at radius 1 is 0.850 bits per heavy atom. The van der Waals surface area contributed by atoms with Gasteiger partial charge in [-0.2, -0.15) is 0 Å². The molecule has 0 N–H and O–H groups in total. The van der Waals surface area contributed by atoms with E-state index in [4.69, 9.17) is 0 Å². The molecule has 0 bridgehead atoms. The fourth-order valence-corrected chi connectivity index (χ4v) is 10.3. The standard InChI is InChI=1S/C8H18N.C7H16N.C2H5.In/c1-5-7-9(6-2)8(3)4;1-5-6-8(4)7(2)3;1-2;/h8H,1,5-7H2,2-4H3;7H,1,5-6H2,2-4H3;1H2,2H3;. The second-order valence-electron chi connectivity index (χ2n) is 6.86. The van der Waals surface area contributed by atoms with E-state index >= 15 is 0 Å². The second-order valence-corrected chi connectivity index (χ2v) is 17.4. The Morgan fingerprint density at radius 3 is 1.80 bits per heavy atom. The monoisotopic (exact) mass is 386 g/mol. The summed E-state index contributed by atoms with van der Waals surface area (Å²) in [5, 5.41) is 0. The third-order valence-electron chi connectivity index (χ3n) is 4.78. The molecule has 0 aliphatic carbocycles. The van der Waals surface area contributed by atoms with Crippen LogP contribution in [0.1, 0.15) is 54.4 Å². The summed E-state index contributed by atoms with van der Waals surface area (Å²) in [5.74, 6) is 0. The minimum absolute atomic E-state index is 0.703. The van der Waals surface area contributed by atoms with Crippen LogP contribution >= 0.6 is 0 Å². The van der Waals surface area contributed by atoms with Crippen molar-refractivity contribution in [1.82, 2.24) is 9.80 Å². The summed E-state index contributed by atoms with van der Waals surface area (Å²) >= 11 is -1.17. The zero-order valence-electron chi connectivity index (χ0n) is 15.3. The summed E-state index contributed by atoms with van der Waals surface area (Å²) in [6, 6.07) is 1.42. The Labute approximate surface area is 136 Å². The summed E-state index contributed by atoms with van der Waals surface area (Å²) in [6.07, 6.45) is 2.91. The van der Waals surface area contributed by atoms with Gasteiger partial charge in [-0.05, 0) is 0 Å². The predicted octanol–water partition coefficient (Wildman–Crippen LogP) is 4.35. The summed E-state index contributed by atoms with van der Waals surface area (Å²) in [4.78, 5) is 5.11. The van der Waals surface area contributed by atoms with Crippen molar-refractivity contribution in [3.63, 3.8) is 0 Å². The Morgan fingerprint density at radius 2 is 1.40 bits per heavy atom. The van der Waals surface area contributed by atoms with Gasteiger partial charge in [-0.25, -0.2) is 0 Å². The molecule has 2 nitrogen and oxygen atoms in total. The van der Waals surface area contributed by atoms with Crippen LogP contribution in [0.4, 0.5) is 0 Å². The SMILES string of the molecule is CCN(CC[CH2][In]([CH2]C)[CH2]CCN(C)C(C)C)C(C)C. The number of rotatable bonds is 12. The summed E-state index contributed by atoms with van der Waals surface area (Å²) < 4.78 is 4.79. The molecule has 0 spiro atoms. The molecule has 0 aliphatic rings. The normalized spacial score (nSPS) is 12.2. The van der Waals surface area contributed by atoms with Crippen LogP contribution in [-0.2, 0) is 0 Å². The maximum absolute atomic E-state index is 2.62. The van der Waals surface area contributed by atoms with Crippen molar-refractivity contribution >= 4 is 21.4 Å². The van der Waals surface area contributed by atoms with Crippen molar-refractivity contribution in [1.29, 1.82) is 0 Å². The molecule has 0 saturated carbocycles. The maximum atomic E-state index is 2.62. The molecular weight excluding hydrogens is 347 g/mol. The Hall–Kier alpha value is 0.790. The molecule has 0 aromatic heterocycles. The van der Waals surface area contributed by atoms with Gasteiger partial charge in [0.2, 0.25) is 0 Å². The topological polar surface area (TPSA) is 6.48 Å². The van der Waals surface area contributed by atoms with E-state index in [-0.39, 0.29) is 0 Å². The van der Waals surface area contributed by atoms with Crippen LogP contribution < -0.4 is 0 Å². The molecule has 0 atom stereocenters. The van der Waals surface area contributed by atoms with Gasteiger partial charge in [-0.3, -0.25) is 0 Å². The molecular formula is C17H39InN2. The first-order chi connectivity index (χ1) is 9.42. The van der Waals surface area contributed by atoms with Gasteiger partial charge in [0.1, 0.15) is 0 Å². The van der Waals surface area contributed by atoms with Gasteiger partial charge in [0.15, 0.2) is 0 Å². The van der Waals surface area contributed by atoms with Crippen molar-refractivity contribution in [3.8, 4) is 0 Å². The average molecular weight is 386 g/mol. The van der Waals surface area contributed by atoms with E-state index in [0.29, 0.717) is 6.04 Å². The first-order valence-electron chi connectivity index (χ1n) is 8.86. The van der Waals surface area contributed by atoms with Crippen LogP contribution in [0.2, 0.25) is 12.5 Å². The first kappa shape index (κ1) is 20.8. The van der Waals surface area contributed by atoms with Crippen molar-refractivity contribution in [3.05, 3.63) is 0 Å². The summed E-state index contributed by atoms with van der Waals surface area (Å²) in [7, 11) is 2.27. The Kier molecular flexibility index (Phi) is 12.8. The van der Waals surface area contributed by atoms with Crippen LogP contribution in [0.3, 0.4) is 0 Å². The quantitative estimate of drug-likeness (QED) is 0.492. The minimum atomic E-state index is -1.17. The molecule has 0 heterocycles. The molecule has 0 radical (unpaired) electrons. The zero-order valence-corrected chi connectivity index (χ0v) is 18.6. The molecule has 20 heavy (non-hydrogen) atoms. The molecule has 0 unspecified atom stereocenters. The van der Waals surface area contributed by atoms with Crippen LogP contribution in [0.25, 0.3) is 0 Å². The number of hydrogen-bond acceptors (Lipinski definition) is 2. The van der Waals surface area contributed by atoms with E-state index in [2.05, 4.69) is 58.4 Å². The molecule has 0 fully saturated rings. The molecule has 0 aliphatic heterocycles. The van der Waals surface area contributed by atoms with Gasteiger partial charge >= 0.3 is 137 Å². The molecule has 0 saturated heterocycles. The Balaban J connectivity index is 3.81. The summed E-state index contributed by atoms with van der Waals surface area (Å²) in [5.41, 5.74) is 0. The van der Waals surface area contributed by atoms with Crippen LogP contribution in [0, 0.1) is 0 Å². The van der Waals surface area contributed by atoms with Crippen molar-refractivity contribution in [2.24, 2.45) is 0 Å². The van der Waals surface area contributed by atoms with Crippen molar-refractivity contribution in [2.75, 3.05) is 26.7 Å². The van der Waals surface area contributed by atoms with Crippen LogP contribution in [0.15, 0.2) is 0 Å². The zero-order chi connectivity index (χ0) is 15.5. The Bertz CT molecular complexity index is 219. The van der Waals surface area contributed by atoms with Crippen molar-refractivity contribution < 1.29 is 0 Å².